The molecule has 0 bridgehead atoms. The van der Waals surface area contributed by atoms with Gasteiger partial charge in [-0.1, -0.05) is 87.9 Å². The molecule has 0 aliphatic carbocycles. The van der Waals surface area contributed by atoms with Crippen molar-refractivity contribution in [3.05, 3.63) is 113 Å². The Labute approximate surface area is 221 Å². The van der Waals surface area contributed by atoms with Crippen LogP contribution in [0.2, 0.25) is 0 Å². The highest BCUT2D eigenvalue weighted by Crippen LogP contribution is 2.35. The van der Waals surface area contributed by atoms with Crippen molar-refractivity contribution in [2.75, 3.05) is 18.6 Å². The molecule has 37 heavy (non-hydrogen) atoms. The number of rotatable bonds is 7. The fourth-order valence-electron chi connectivity index (χ4n) is 5.20. The molecule has 0 radical (unpaired) electrons. The Kier molecular flexibility index (Phi) is 6.92. The number of nitrogens with zero attached hydrogens (tertiary/aromatic N) is 4. The molecule has 190 valence electrons. The van der Waals surface area contributed by atoms with E-state index in [4.69, 9.17) is 4.98 Å². The number of hydrogen-bond donors (Lipinski definition) is 0. The van der Waals surface area contributed by atoms with Gasteiger partial charge < -0.3 is 14.4 Å². The lowest BCUT2D eigenvalue weighted by Gasteiger charge is -2.23. The molecule has 0 fully saturated rings. The number of aromatic nitrogens is 2. The van der Waals surface area contributed by atoms with Gasteiger partial charge in [-0.25, -0.2) is 4.98 Å². The van der Waals surface area contributed by atoms with E-state index in [1.165, 1.54) is 33.6 Å². The molecule has 0 saturated carbocycles. The maximum atomic E-state index is 5.24. The van der Waals surface area contributed by atoms with Gasteiger partial charge in [-0.15, -0.1) is 0 Å². The quantitative estimate of drug-likeness (QED) is 0.263. The maximum absolute atomic E-state index is 5.24. The summed E-state index contributed by atoms with van der Waals surface area (Å²) in [6.45, 7) is 12.3. The van der Waals surface area contributed by atoms with Gasteiger partial charge in [0.05, 0.1) is 18.1 Å². The standard InChI is InChI=1S/C33H38N4/c1-23(2)29-17-25(5)18-30(24(3)4)33(29)37-21-31(27-12-8-7-9-13-27)34-32(37)20-26-11-10-14-28(19-26)36-16-15-35(6)22-36/h7-19,21,23-24H,20,22H2,1-6H3. The van der Waals surface area contributed by atoms with E-state index in [2.05, 4.69) is 141 Å². The van der Waals surface area contributed by atoms with E-state index in [0.717, 1.165) is 30.2 Å². The largest absolute Gasteiger partial charge is 0.361 e. The Morgan fingerprint density at radius 2 is 1.54 bits per heavy atom. The summed E-state index contributed by atoms with van der Waals surface area (Å²) in [4.78, 5) is 9.70. The van der Waals surface area contributed by atoms with Crippen molar-refractivity contribution in [1.29, 1.82) is 0 Å². The summed E-state index contributed by atoms with van der Waals surface area (Å²) in [7, 11) is 2.10. The second kappa shape index (κ2) is 10.3. The molecule has 1 aromatic heterocycles. The molecule has 0 N–H and O–H groups in total. The second-order valence-electron chi connectivity index (χ2n) is 10.9. The Hall–Kier alpha value is -3.79. The third kappa shape index (κ3) is 5.20. The molecule has 2 heterocycles. The summed E-state index contributed by atoms with van der Waals surface area (Å²) in [5.74, 6) is 1.88. The monoisotopic (exact) mass is 490 g/mol. The van der Waals surface area contributed by atoms with E-state index in [1.807, 2.05) is 0 Å². The number of anilines is 1. The van der Waals surface area contributed by atoms with Crippen molar-refractivity contribution in [1.82, 2.24) is 14.5 Å². The van der Waals surface area contributed by atoms with Crippen LogP contribution in [0.3, 0.4) is 0 Å². The van der Waals surface area contributed by atoms with E-state index in [1.54, 1.807) is 0 Å². The molecule has 3 aromatic carbocycles. The lowest BCUT2D eigenvalue weighted by Crippen LogP contribution is -2.21. The van der Waals surface area contributed by atoms with Crippen LogP contribution in [0, 0.1) is 6.92 Å². The first-order valence-electron chi connectivity index (χ1n) is 13.3. The predicted octanol–water partition coefficient (Wildman–Crippen LogP) is 7.87. The SMILES string of the molecule is Cc1cc(C(C)C)c(-n2cc(-c3ccccc3)nc2Cc2cccc(N3C=CN(C)C3)c2)c(C(C)C)c1. The molecule has 4 aromatic rings. The highest BCUT2D eigenvalue weighted by atomic mass is 15.3. The molecule has 0 atom stereocenters. The van der Waals surface area contributed by atoms with E-state index in [-0.39, 0.29) is 0 Å². The number of benzene rings is 3. The van der Waals surface area contributed by atoms with E-state index < -0.39 is 0 Å². The zero-order valence-electron chi connectivity index (χ0n) is 22.9. The van der Waals surface area contributed by atoms with Crippen molar-refractivity contribution < 1.29 is 0 Å². The molecule has 1 aliphatic heterocycles. The van der Waals surface area contributed by atoms with Gasteiger partial charge in [-0.2, -0.15) is 0 Å². The van der Waals surface area contributed by atoms with Crippen LogP contribution in [0.25, 0.3) is 16.9 Å². The van der Waals surface area contributed by atoms with Crippen LogP contribution >= 0.6 is 0 Å². The Morgan fingerprint density at radius 1 is 0.838 bits per heavy atom. The van der Waals surface area contributed by atoms with Gasteiger partial charge in [0.1, 0.15) is 5.82 Å². The van der Waals surface area contributed by atoms with Crippen LogP contribution in [0.1, 0.15) is 67.6 Å². The number of imidazole rings is 1. The van der Waals surface area contributed by atoms with E-state index >= 15 is 0 Å². The lowest BCUT2D eigenvalue weighted by atomic mass is 9.90. The Morgan fingerprint density at radius 3 is 2.16 bits per heavy atom. The molecular formula is C33H38N4. The third-order valence-corrected chi connectivity index (χ3v) is 7.13. The zero-order valence-corrected chi connectivity index (χ0v) is 22.9. The fourth-order valence-corrected chi connectivity index (χ4v) is 5.20. The van der Waals surface area contributed by atoms with Gasteiger partial charge in [0.25, 0.3) is 0 Å². The summed E-state index contributed by atoms with van der Waals surface area (Å²) >= 11 is 0. The summed E-state index contributed by atoms with van der Waals surface area (Å²) in [6, 6.07) is 24.1. The molecule has 0 saturated heterocycles. The summed E-state index contributed by atoms with van der Waals surface area (Å²) in [6.07, 6.45) is 7.26. The first-order chi connectivity index (χ1) is 17.8. The average Bonchev–Trinajstić information content (AvgIpc) is 3.50. The molecule has 0 spiro atoms. The molecule has 4 heteroatoms. The third-order valence-electron chi connectivity index (χ3n) is 7.13. The lowest BCUT2D eigenvalue weighted by molar-refractivity contribution is 0.495. The maximum Gasteiger partial charge on any atom is 0.118 e. The summed E-state index contributed by atoms with van der Waals surface area (Å²) in [5, 5.41) is 0. The van der Waals surface area contributed by atoms with Crippen molar-refractivity contribution in [2.24, 2.45) is 0 Å². The Bertz CT molecular complexity index is 1380. The fraction of sp³-hybridized carbons (Fsp3) is 0.303. The highest BCUT2D eigenvalue weighted by Gasteiger charge is 2.21. The smallest absolute Gasteiger partial charge is 0.118 e. The van der Waals surface area contributed by atoms with E-state index in [9.17, 15) is 0 Å². The number of hydrogen-bond acceptors (Lipinski definition) is 3. The zero-order chi connectivity index (χ0) is 26.1. The highest BCUT2D eigenvalue weighted by molar-refractivity contribution is 5.62. The van der Waals surface area contributed by atoms with Crippen LogP contribution in [-0.2, 0) is 6.42 Å². The van der Waals surface area contributed by atoms with Crippen molar-refractivity contribution in [3.8, 4) is 16.9 Å². The Balaban J connectivity index is 1.65. The molecule has 1 aliphatic rings. The molecule has 4 nitrogen and oxygen atoms in total. The first kappa shape index (κ1) is 24.9. The van der Waals surface area contributed by atoms with Gasteiger partial charge >= 0.3 is 0 Å². The van der Waals surface area contributed by atoms with Gasteiger partial charge in [-0.3, -0.25) is 0 Å². The van der Waals surface area contributed by atoms with Crippen LogP contribution in [-0.4, -0.2) is 28.2 Å². The van der Waals surface area contributed by atoms with Gasteiger partial charge in [0.2, 0.25) is 0 Å². The minimum absolute atomic E-state index is 0.407. The van der Waals surface area contributed by atoms with Crippen molar-refractivity contribution in [2.45, 2.75) is 52.9 Å². The van der Waals surface area contributed by atoms with Gasteiger partial charge in [0, 0.05) is 43.3 Å². The molecule has 0 unspecified atom stereocenters. The predicted molar refractivity (Wildman–Crippen MR) is 155 cm³/mol. The molecule has 5 rings (SSSR count). The molecular weight excluding hydrogens is 452 g/mol. The van der Waals surface area contributed by atoms with Crippen LogP contribution in [0.15, 0.2) is 85.3 Å². The minimum atomic E-state index is 0.407. The van der Waals surface area contributed by atoms with Gasteiger partial charge in [0.15, 0.2) is 0 Å². The van der Waals surface area contributed by atoms with Gasteiger partial charge in [-0.05, 0) is 47.6 Å². The van der Waals surface area contributed by atoms with Crippen LogP contribution in [0.4, 0.5) is 5.69 Å². The summed E-state index contributed by atoms with van der Waals surface area (Å²) in [5.41, 5.74) is 9.99. The van der Waals surface area contributed by atoms with Crippen LogP contribution in [0.5, 0.6) is 0 Å². The van der Waals surface area contributed by atoms with E-state index in [0.29, 0.717) is 11.8 Å². The summed E-state index contributed by atoms with van der Waals surface area (Å²) < 4.78 is 2.38. The average molecular weight is 491 g/mol. The second-order valence-corrected chi connectivity index (χ2v) is 10.9. The molecule has 0 amide bonds. The number of aryl methyl sites for hydroxylation is 1. The van der Waals surface area contributed by atoms with Crippen molar-refractivity contribution in [3.63, 3.8) is 0 Å². The first-order valence-corrected chi connectivity index (χ1v) is 13.3. The van der Waals surface area contributed by atoms with Crippen LogP contribution < -0.4 is 4.90 Å². The van der Waals surface area contributed by atoms with Crippen molar-refractivity contribution >= 4 is 5.69 Å². The normalized spacial score (nSPS) is 13.4. The minimum Gasteiger partial charge on any atom is -0.361 e. The topological polar surface area (TPSA) is 24.3 Å².